The first-order chi connectivity index (χ1) is 15.5. The van der Waals surface area contributed by atoms with Crippen LogP contribution in [-0.2, 0) is 4.74 Å². The Balaban J connectivity index is 1.44. The third-order valence-corrected chi connectivity index (χ3v) is 5.39. The van der Waals surface area contributed by atoms with Crippen LogP contribution >= 0.6 is 0 Å². The van der Waals surface area contributed by atoms with E-state index in [9.17, 15) is 10.2 Å². The number of imidazole rings is 1. The maximum Gasteiger partial charge on any atom is 0.139 e. The van der Waals surface area contributed by atoms with Crippen LogP contribution in [-0.4, -0.2) is 51.7 Å². The van der Waals surface area contributed by atoms with Gasteiger partial charge in [-0.15, -0.1) is 0 Å². The van der Waals surface area contributed by atoms with Gasteiger partial charge in [-0.05, 0) is 42.3 Å². The molecular formula is C25H27N3O4. The number of rotatable bonds is 6. The molecule has 1 aromatic heterocycles. The number of nitrogens with two attached hydrogens (primary N) is 1. The van der Waals surface area contributed by atoms with E-state index in [4.69, 9.17) is 15.2 Å². The second-order valence-electron chi connectivity index (χ2n) is 7.80. The maximum atomic E-state index is 9.83. The molecule has 0 saturated carbocycles. The van der Waals surface area contributed by atoms with Crippen molar-refractivity contribution in [2.24, 2.45) is 5.73 Å². The largest absolute Gasteiger partial charge is 0.486 e. The average molecular weight is 434 g/mol. The summed E-state index contributed by atoms with van der Waals surface area (Å²) in [6.45, 7) is 2.51. The number of hydrogen-bond acceptors (Lipinski definition) is 6. The van der Waals surface area contributed by atoms with Crippen molar-refractivity contribution in [1.82, 2.24) is 9.55 Å². The molecule has 7 nitrogen and oxygen atoms in total. The minimum absolute atomic E-state index is 0.0961. The molecule has 0 amide bonds. The van der Waals surface area contributed by atoms with E-state index in [-0.39, 0.29) is 18.8 Å². The van der Waals surface area contributed by atoms with Gasteiger partial charge in [0.25, 0.3) is 0 Å². The minimum atomic E-state index is -0.736. The Morgan fingerprint density at radius 3 is 2.44 bits per heavy atom. The van der Waals surface area contributed by atoms with E-state index in [1.165, 1.54) is 0 Å². The summed E-state index contributed by atoms with van der Waals surface area (Å²) in [5.41, 5.74) is 8.94. The van der Waals surface area contributed by atoms with Gasteiger partial charge in [0.15, 0.2) is 0 Å². The van der Waals surface area contributed by atoms with Crippen molar-refractivity contribution in [3.05, 3.63) is 72.3 Å². The molecular weight excluding hydrogens is 406 g/mol. The zero-order valence-electron chi connectivity index (χ0n) is 17.9. The fraction of sp³-hybridized carbons (Fsp3) is 0.320. The molecule has 32 heavy (non-hydrogen) atoms. The standard InChI is InChI=1S/C25H27N3O4/c1-17(30)25-27-12-13-28(25)21(14-29)9-4-18-2-5-19(6-3-18)20-7-10-22(11-8-20)32-24-16-31-15-23(24)26/h2-3,5-8,10-13,17,21,23-24,29-30H,14-16,26H2,1H3/t17-,21-,23-,24-/m0/s1. The van der Waals surface area contributed by atoms with Crippen LogP contribution < -0.4 is 10.5 Å². The number of ether oxygens (including phenoxy) is 2. The third kappa shape index (κ3) is 5.01. The highest BCUT2D eigenvalue weighted by Gasteiger charge is 2.26. The summed E-state index contributed by atoms with van der Waals surface area (Å²) < 4.78 is 12.9. The van der Waals surface area contributed by atoms with Gasteiger partial charge in [0.05, 0.1) is 25.9 Å². The number of hydrogen-bond donors (Lipinski definition) is 3. The Morgan fingerprint density at radius 2 is 1.84 bits per heavy atom. The number of aromatic nitrogens is 2. The van der Waals surface area contributed by atoms with Gasteiger partial charge >= 0.3 is 0 Å². The van der Waals surface area contributed by atoms with Gasteiger partial charge in [0.2, 0.25) is 0 Å². The van der Waals surface area contributed by atoms with Crippen LogP contribution in [0.5, 0.6) is 5.75 Å². The molecule has 0 spiro atoms. The Bertz CT molecular complexity index is 1080. The lowest BCUT2D eigenvalue weighted by molar-refractivity contribution is 0.140. The van der Waals surface area contributed by atoms with Crippen LogP contribution in [0.15, 0.2) is 60.9 Å². The SMILES string of the molecule is C[C@H](O)c1nccn1[C@@H](C#Cc1ccc(-c2ccc(O[C@H]3COC[C@@H]3N)cc2)cc1)CO. The summed E-state index contributed by atoms with van der Waals surface area (Å²) in [5, 5.41) is 19.6. The predicted molar refractivity (Wildman–Crippen MR) is 121 cm³/mol. The van der Waals surface area contributed by atoms with Crippen molar-refractivity contribution < 1.29 is 19.7 Å². The van der Waals surface area contributed by atoms with Crippen LogP contribution in [0.2, 0.25) is 0 Å². The number of aliphatic hydroxyl groups is 2. The first-order valence-corrected chi connectivity index (χ1v) is 10.6. The highest BCUT2D eigenvalue weighted by molar-refractivity contribution is 5.65. The van der Waals surface area contributed by atoms with E-state index >= 15 is 0 Å². The number of benzene rings is 2. The van der Waals surface area contributed by atoms with Gasteiger partial charge in [-0.25, -0.2) is 4.98 Å². The summed E-state index contributed by atoms with van der Waals surface area (Å²) in [5.74, 6) is 7.41. The second kappa shape index (κ2) is 9.98. The van der Waals surface area contributed by atoms with Gasteiger partial charge < -0.3 is 30.0 Å². The topological polar surface area (TPSA) is 103 Å². The molecule has 4 N–H and O–H groups in total. The lowest BCUT2D eigenvalue weighted by atomic mass is 10.0. The summed E-state index contributed by atoms with van der Waals surface area (Å²) in [6.07, 6.45) is 2.45. The molecule has 166 valence electrons. The van der Waals surface area contributed by atoms with Crippen LogP contribution in [0, 0.1) is 11.8 Å². The smallest absolute Gasteiger partial charge is 0.139 e. The normalized spacial score (nSPS) is 19.8. The summed E-state index contributed by atoms with van der Waals surface area (Å²) >= 11 is 0. The average Bonchev–Trinajstić information content (AvgIpc) is 3.45. The van der Waals surface area contributed by atoms with Gasteiger partial charge in [0.1, 0.15) is 29.8 Å². The molecule has 1 aliphatic rings. The molecule has 0 radical (unpaired) electrons. The molecule has 0 aliphatic carbocycles. The van der Waals surface area contributed by atoms with E-state index < -0.39 is 12.1 Å². The van der Waals surface area contributed by atoms with Crippen molar-refractivity contribution in [3.8, 4) is 28.7 Å². The van der Waals surface area contributed by atoms with Crippen molar-refractivity contribution in [3.63, 3.8) is 0 Å². The van der Waals surface area contributed by atoms with E-state index in [2.05, 4.69) is 16.8 Å². The molecule has 1 saturated heterocycles. The highest BCUT2D eigenvalue weighted by Crippen LogP contribution is 2.24. The van der Waals surface area contributed by atoms with Crippen molar-refractivity contribution in [2.75, 3.05) is 19.8 Å². The molecule has 2 heterocycles. The van der Waals surface area contributed by atoms with Crippen molar-refractivity contribution in [2.45, 2.75) is 31.2 Å². The van der Waals surface area contributed by atoms with Gasteiger partial charge in [-0.2, -0.15) is 0 Å². The van der Waals surface area contributed by atoms with Crippen molar-refractivity contribution in [1.29, 1.82) is 0 Å². The Morgan fingerprint density at radius 1 is 1.16 bits per heavy atom. The monoisotopic (exact) mass is 433 g/mol. The summed E-state index contributed by atoms with van der Waals surface area (Å²) in [6, 6.07) is 15.2. The van der Waals surface area contributed by atoms with Crippen LogP contribution in [0.25, 0.3) is 11.1 Å². The number of nitrogens with zero attached hydrogens (tertiary/aromatic N) is 2. The quantitative estimate of drug-likeness (QED) is 0.516. The van der Waals surface area contributed by atoms with Gasteiger partial charge in [-0.3, -0.25) is 0 Å². The Kier molecular flexibility index (Phi) is 6.88. The zero-order valence-corrected chi connectivity index (χ0v) is 17.9. The van der Waals surface area contributed by atoms with E-state index in [1.807, 2.05) is 48.5 Å². The molecule has 1 fully saturated rings. The summed E-state index contributed by atoms with van der Waals surface area (Å²) in [7, 11) is 0. The lowest BCUT2D eigenvalue weighted by Gasteiger charge is -2.16. The van der Waals surface area contributed by atoms with Crippen LogP contribution in [0.1, 0.15) is 30.5 Å². The third-order valence-electron chi connectivity index (χ3n) is 5.39. The molecule has 2 aromatic carbocycles. The molecule has 0 unspecified atom stereocenters. The van der Waals surface area contributed by atoms with E-state index in [1.54, 1.807) is 23.9 Å². The molecule has 4 atom stereocenters. The molecule has 3 aromatic rings. The Labute approximate surface area is 187 Å². The molecule has 0 bridgehead atoms. The fourth-order valence-corrected chi connectivity index (χ4v) is 3.60. The highest BCUT2D eigenvalue weighted by atomic mass is 16.5. The van der Waals surface area contributed by atoms with Gasteiger partial charge in [-0.1, -0.05) is 36.1 Å². The summed E-state index contributed by atoms with van der Waals surface area (Å²) in [4.78, 5) is 4.14. The first-order valence-electron chi connectivity index (χ1n) is 10.6. The molecule has 1 aliphatic heterocycles. The maximum absolute atomic E-state index is 9.83. The number of aliphatic hydroxyl groups excluding tert-OH is 2. The first kappa shape index (κ1) is 22.1. The lowest BCUT2D eigenvalue weighted by Crippen LogP contribution is -2.37. The van der Waals surface area contributed by atoms with E-state index in [0.29, 0.717) is 19.0 Å². The zero-order chi connectivity index (χ0) is 22.5. The van der Waals surface area contributed by atoms with E-state index in [0.717, 1.165) is 22.4 Å². The Hall–Kier alpha value is -3.15. The van der Waals surface area contributed by atoms with Crippen LogP contribution in [0.4, 0.5) is 0 Å². The van der Waals surface area contributed by atoms with Gasteiger partial charge in [0, 0.05) is 18.0 Å². The fourth-order valence-electron chi connectivity index (χ4n) is 3.60. The second-order valence-corrected chi connectivity index (χ2v) is 7.80. The van der Waals surface area contributed by atoms with Crippen molar-refractivity contribution >= 4 is 0 Å². The van der Waals surface area contributed by atoms with Crippen LogP contribution in [0.3, 0.4) is 0 Å². The predicted octanol–water partition coefficient (Wildman–Crippen LogP) is 2.29. The minimum Gasteiger partial charge on any atom is -0.486 e. The molecule has 7 heteroatoms. The molecule has 4 rings (SSSR count).